The topological polar surface area (TPSA) is 71.1 Å². The Labute approximate surface area is 129 Å². The minimum atomic E-state index is -1.16. The summed E-state index contributed by atoms with van der Waals surface area (Å²) in [6.45, 7) is 3.57. The number of carbonyl (C=O) groups excluding carboxylic acids is 2. The van der Waals surface area contributed by atoms with Gasteiger partial charge in [-0.2, -0.15) is 0 Å². The molecule has 0 aliphatic heterocycles. The van der Waals surface area contributed by atoms with Gasteiger partial charge in [0.2, 0.25) is 11.8 Å². The SMILES string of the molecule is CC(C)(C(=O)NCc1ccncc1)C(=O)Nc1ccccc1. The highest BCUT2D eigenvalue weighted by molar-refractivity contribution is 6.09. The van der Waals surface area contributed by atoms with Crippen molar-refractivity contribution < 1.29 is 9.59 Å². The summed E-state index contributed by atoms with van der Waals surface area (Å²) in [7, 11) is 0. The van der Waals surface area contributed by atoms with E-state index in [4.69, 9.17) is 0 Å². The van der Waals surface area contributed by atoms with Gasteiger partial charge >= 0.3 is 0 Å². The Morgan fingerprint density at radius 1 is 1.00 bits per heavy atom. The van der Waals surface area contributed by atoms with Crippen molar-refractivity contribution in [3.8, 4) is 0 Å². The van der Waals surface area contributed by atoms with E-state index >= 15 is 0 Å². The molecule has 1 aromatic carbocycles. The Kier molecular flexibility index (Phi) is 4.88. The Balaban J connectivity index is 1.96. The quantitative estimate of drug-likeness (QED) is 0.832. The van der Waals surface area contributed by atoms with Crippen molar-refractivity contribution in [1.82, 2.24) is 10.3 Å². The van der Waals surface area contributed by atoms with Crippen LogP contribution in [0.25, 0.3) is 0 Å². The summed E-state index contributed by atoms with van der Waals surface area (Å²) in [5, 5.41) is 5.53. The van der Waals surface area contributed by atoms with Gasteiger partial charge in [0.25, 0.3) is 0 Å². The van der Waals surface area contributed by atoms with E-state index in [0.717, 1.165) is 5.56 Å². The summed E-state index contributed by atoms with van der Waals surface area (Å²) in [6.07, 6.45) is 3.32. The number of para-hydroxylation sites is 1. The van der Waals surface area contributed by atoms with Crippen molar-refractivity contribution in [2.45, 2.75) is 20.4 Å². The van der Waals surface area contributed by atoms with E-state index in [2.05, 4.69) is 15.6 Å². The summed E-state index contributed by atoms with van der Waals surface area (Å²) >= 11 is 0. The molecule has 2 aromatic rings. The number of aromatic nitrogens is 1. The van der Waals surface area contributed by atoms with Gasteiger partial charge in [0.1, 0.15) is 5.41 Å². The van der Waals surface area contributed by atoms with Gasteiger partial charge in [0.05, 0.1) is 0 Å². The van der Waals surface area contributed by atoms with Crippen LogP contribution in [0.1, 0.15) is 19.4 Å². The molecule has 0 aliphatic rings. The molecule has 2 amide bonds. The number of pyridine rings is 1. The van der Waals surface area contributed by atoms with Crippen molar-refractivity contribution in [3.05, 3.63) is 60.4 Å². The molecule has 0 atom stereocenters. The van der Waals surface area contributed by atoms with Crippen LogP contribution in [-0.4, -0.2) is 16.8 Å². The zero-order valence-corrected chi connectivity index (χ0v) is 12.7. The molecule has 0 fully saturated rings. The number of rotatable bonds is 5. The van der Waals surface area contributed by atoms with Crippen LogP contribution in [0.5, 0.6) is 0 Å². The van der Waals surface area contributed by atoms with Crippen molar-refractivity contribution in [3.63, 3.8) is 0 Å². The lowest BCUT2D eigenvalue weighted by Gasteiger charge is -2.22. The van der Waals surface area contributed by atoms with E-state index in [-0.39, 0.29) is 11.8 Å². The summed E-state index contributed by atoms with van der Waals surface area (Å²) < 4.78 is 0. The summed E-state index contributed by atoms with van der Waals surface area (Å²) in [5.41, 5.74) is 0.438. The van der Waals surface area contributed by atoms with Crippen LogP contribution in [0.4, 0.5) is 5.69 Å². The molecule has 114 valence electrons. The number of hydrogen-bond donors (Lipinski definition) is 2. The van der Waals surface area contributed by atoms with Crippen LogP contribution in [0.2, 0.25) is 0 Å². The largest absolute Gasteiger partial charge is 0.351 e. The van der Waals surface area contributed by atoms with E-state index in [9.17, 15) is 9.59 Å². The highest BCUT2D eigenvalue weighted by atomic mass is 16.2. The fourth-order valence-electron chi connectivity index (χ4n) is 1.82. The molecule has 0 saturated carbocycles. The zero-order chi connectivity index (χ0) is 16.0. The molecular weight excluding hydrogens is 278 g/mol. The minimum Gasteiger partial charge on any atom is -0.351 e. The molecule has 22 heavy (non-hydrogen) atoms. The number of benzene rings is 1. The van der Waals surface area contributed by atoms with Crippen molar-refractivity contribution in [1.29, 1.82) is 0 Å². The Hall–Kier alpha value is -2.69. The Morgan fingerprint density at radius 3 is 2.27 bits per heavy atom. The van der Waals surface area contributed by atoms with Gasteiger partial charge in [-0.3, -0.25) is 14.6 Å². The number of nitrogens with one attached hydrogen (secondary N) is 2. The molecule has 2 N–H and O–H groups in total. The van der Waals surface area contributed by atoms with Crippen LogP contribution in [0.3, 0.4) is 0 Å². The molecular formula is C17H19N3O2. The lowest BCUT2D eigenvalue weighted by atomic mass is 9.91. The fourth-order valence-corrected chi connectivity index (χ4v) is 1.82. The highest BCUT2D eigenvalue weighted by Crippen LogP contribution is 2.19. The molecule has 5 nitrogen and oxygen atoms in total. The molecule has 0 spiro atoms. The first-order valence-corrected chi connectivity index (χ1v) is 7.04. The van der Waals surface area contributed by atoms with E-state index < -0.39 is 5.41 Å². The summed E-state index contributed by atoms with van der Waals surface area (Å²) in [5.74, 6) is -0.663. The lowest BCUT2D eigenvalue weighted by molar-refractivity contribution is -0.138. The van der Waals surface area contributed by atoms with Crippen molar-refractivity contribution >= 4 is 17.5 Å². The van der Waals surface area contributed by atoms with Gasteiger partial charge in [0.15, 0.2) is 0 Å². The molecule has 0 aliphatic carbocycles. The molecule has 1 heterocycles. The van der Waals surface area contributed by atoms with Crippen LogP contribution in [-0.2, 0) is 16.1 Å². The standard InChI is InChI=1S/C17H19N3O2/c1-17(2,16(22)20-14-6-4-3-5-7-14)15(21)19-12-13-8-10-18-11-9-13/h3-11H,12H2,1-2H3,(H,19,21)(H,20,22). The molecule has 0 unspecified atom stereocenters. The second-order valence-corrected chi connectivity index (χ2v) is 5.48. The molecule has 2 rings (SSSR count). The zero-order valence-electron chi connectivity index (χ0n) is 12.7. The van der Waals surface area contributed by atoms with E-state index in [1.807, 2.05) is 30.3 Å². The van der Waals surface area contributed by atoms with Gasteiger partial charge in [-0.1, -0.05) is 18.2 Å². The van der Waals surface area contributed by atoms with Gasteiger partial charge in [-0.05, 0) is 43.7 Å². The predicted octanol–water partition coefficient (Wildman–Crippen LogP) is 2.36. The first-order chi connectivity index (χ1) is 10.5. The second kappa shape index (κ2) is 6.85. The normalized spacial score (nSPS) is 10.8. The first kappa shape index (κ1) is 15.7. The summed E-state index contributed by atoms with van der Waals surface area (Å²) in [4.78, 5) is 28.5. The van der Waals surface area contributed by atoms with Crippen LogP contribution in [0, 0.1) is 5.41 Å². The van der Waals surface area contributed by atoms with Crippen molar-refractivity contribution in [2.24, 2.45) is 5.41 Å². The maximum Gasteiger partial charge on any atom is 0.239 e. The third kappa shape index (κ3) is 3.91. The average Bonchev–Trinajstić information content (AvgIpc) is 2.54. The smallest absolute Gasteiger partial charge is 0.239 e. The molecule has 5 heteroatoms. The molecule has 0 bridgehead atoms. The maximum atomic E-state index is 12.3. The number of anilines is 1. The third-order valence-electron chi connectivity index (χ3n) is 3.37. The monoisotopic (exact) mass is 297 g/mol. The van der Waals surface area contributed by atoms with Gasteiger partial charge in [-0.25, -0.2) is 0 Å². The predicted molar refractivity (Wildman–Crippen MR) is 84.9 cm³/mol. The van der Waals surface area contributed by atoms with Crippen LogP contribution < -0.4 is 10.6 Å². The number of carbonyl (C=O) groups is 2. The Bertz CT molecular complexity index is 639. The van der Waals surface area contributed by atoms with Gasteiger partial charge in [-0.15, -0.1) is 0 Å². The van der Waals surface area contributed by atoms with E-state index in [1.165, 1.54) is 0 Å². The Morgan fingerprint density at radius 2 is 1.64 bits per heavy atom. The number of hydrogen-bond acceptors (Lipinski definition) is 3. The van der Waals surface area contributed by atoms with Crippen LogP contribution in [0.15, 0.2) is 54.9 Å². The van der Waals surface area contributed by atoms with E-state index in [0.29, 0.717) is 12.2 Å². The average molecular weight is 297 g/mol. The van der Waals surface area contributed by atoms with Crippen LogP contribution >= 0.6 is 0 Å². The molecule has 0 saturated heterocycles. The lowest BCUT2D eigenvalue weighted by Crippen LogP contribution is -2.44. The first-order valence-electron chi connectivity index (χ1n) is 7.04. The van der Waals surface area contributed by atoms with Gasteiger partial charge in [0, 0.05) is 24.6 Å². The highest BCUT2D eigenvalue weighted by Gasteiger charge is 2.35. The third-order valence-corrected chi connectivity index (χ3v) is 3.37. The van der Waals surface area contributed by atoms with E-state index in [1.54, 1.807) is 38.4 Å². The maximum absolute atomic E-state index is 12.3. The number of nitrogens with zero attached hydrogens (tertiary/aromatic N) is 1. The van der Waals surface area contributed by atoms with Crippen molar-refractivity contribution in [2.75, 3.05) is 5.32 Å². The minimum absolute atomic E-state index is 0.322. The number of amides is 2. The second-order valence-electron chi connectivity index (χ2n) is 5.48. The molecule has 1 aromatic heterocycles. The fraction of sp³-hybridized carbons (Fsp3) is 0.235. The van der Waals surface area contributed by atoms with Gasteiger partial charge < -0.3 is 10.6 Å². The summed E-state index contributed by atoms with van der Waals surface area (Å²) in [6, 6.07) is 12.7. The molecule has 0 radical (unpaired) electrons.